The fraction of sp³-hybridized carbons (Fsp3) is 0.909. The van der Waals surface area contributed by atoms with Gasteiger partial charge in [-0.1, -0.05) is 173 Å². The van der Waals surface area contributed by atoms with Crippen LogP contribution in [-0.4, -0.2) is 193 Å². The summed E-state index contributed by atoms with van der Waals surface area (Å²) in [5.74, 6) is -0.293. The van der Waals surface area contributed by atoms with Crippen LogP contribution in [0.15, 0.2) is 24.3 Å². The van der Waals surface area contributed by atoms with E-state index in [-0.39, 0.29) is 18.9 Å². The number of aliphatic hydroxyl groups excluding tert-OH is 11. The van der Waals surface area contributed by atoms with Crippen molar-refractivity contribution in [3.05, 3.63) is 24.3 Å². The maximum absolute atomic E-state index is 13.1. The van der Waals surface area contributed by atoms with Crippen LogP contribution < -0.4 is 5.32 Å². The smallest absolute Gasteiger partial charge is 0.220 e. The van der Waals surface area contributed by atoms with E-state index in [0.717, 1.165) is 51.4 Å². The van der Waals surface area contributed by atoms with E-state index >= 15 is 0 Å². The van der Waals surface area contributed by atoms with Crippen molar-refractivity contribution in [1.29, 1.82) is 0 Å². The zero-order valence-electron chi connectivity index (χ0n) is 44.8. The summed E-state index contributed by atoms with van der Waals surface area (Å²) in [6.07, 6.45) is 12.2. The van der Waals surface area contributed by atoms with E-state index in [9.17, 15) is 61.0 Å². The van der Waals surface area contributed by atoms with Crippen LogP contribution >= 0.6 is 0 Å². The van der Waals surface area contributed by atoms with E-state index in [2.05, 4.69) is 31.3 Å². The Morgan fingerprint density at radius 1 is 0.473 bits per heavy atom. The first-order valence-corrected chi connectivity index (χ1v) is 28.6. The van der Waals surface area contributed by atoms with Crippen molar-refractivity contribution in [2.45, 2.75) is 291 Å². The molecule has 0 aromatic carbocycles. The molecule has 0 aliphatic carbocycles. The third-order valence-corrected chi connectivity index (χ3v) is 14.5. The van der Waals surface area contributed by atoms with Crippen molar-refractivity contribution in [3.8, 4) is 0 Å². The number of allylic oxidation sites excluding steroid dienone is 3. The molecule has 3 rings (SSSR count). The second-order valence-electron chi connectivity index (χ2n) is 20.8. The van der Waals surface area contributed by atoms with Gasteiger partial charge < -0.3 is 89.9 Å². The summed E-state index contributed by atoms with van der Waals surface area (Å²) in [5, 5.41) is 120. The van der Waals surface area contributed by atoms with Crippen molar-refractivity contribution < 1.29 is 89.4 Å². The minimum absolute atomic E-state index is 0.235. The first kappa shape index (κ1) is 66.5. The first-order valence-electron chi connectivity index (χ1n) is 28.6. The van der Waals surface area contributed by atoms with E-state index in [4.69, 9.17) is 28.4 Å². The molecule has 12 N–H and O–H groups in total. The first-order chi connectivity index (χ1) is 35.8. The molecule has 19 nitrogen and oxygen atoms in total. The Morgan fingerprint density at radius 2 is 0.865 bits per heavy atom. The predicted molar refractivity (Wildman–Crippen MR) is 277 cm³/mol. The van der Waals surface area contributed by atoms with Crippen molar-refractivity contribution in [2.75, 3.05) is 26.4 Å². The molecule has 3 aliphatic rings. The lowest BCUT2D eigenvalue weighted by Crippen LogP contribution is -2.66. The maximum Gasteiger partial charge on any atom is 0.220 e. The molecule has 17 atom stereocenters. The molecule has 3 aliphatic heterocycles. The number of unbranched alkanes of at least 4 members (excludes halogenated alkanes) is 23. The van der Waals surface area contributed by atoms with Gasteiger partial charge in [0.25, 0.3) is 0 Å². The summed E-state index contributed by atoms with van der Waals surface area (Å²) in [4.78, 5) is 13.1. The second-order valence-corrected chi connectivity index (χ2v) is 20.8. The molecule has 0 aromatic heterocycles. The minimum atomic E-state index is -1.98. The molecular formula is C55H101NO18. The van der Waals surface area contributed by atoms with Crippen LogP contribution in [0.4, 0.5) is 0 Å². The highest BCUT2D eigenvalue weighted by molar-refractivity contribution is 5.76. The number of amides is 1. The van der Waals surface area contributed by atoms with E-state index in [0.29, 0.717) is 12.8 Å². The molecule has 17 unspecified atom stereocenters. The van der Waals surface area contributed by atoms with E-state index in [1.807, 2.05) is 6.08 Å². The topological polar surface area (TPSA) is 307 Å². The molecule has 0 saturated carbocycles. The highest BCUT2D eigenvalue weighted by Crippen LogP contribution is 2.33. The van der Waals surface area contributed by atoms with Crippen molar-refractivity contribution in [3.63, 3.8) is 0 Å². The number of hydrogen-bond donors (Lipinski definition) is 12. The Morgan fingerprint density at radius 3 is 1.35 bits per heavy atom. The third-order valence-electron chi connectivity index (χ3n) is 14.5. The fourth-order valence-corrected chi connectivity index (χ4v) is 9.74. The van der Waals surface area contributed by atoms with Crippen LogP contribution in [0.25, 0.3) is 0 Å². The monoisotopic (exact) mass is 1060 g/mol. The number of aliphatic hydroxyl groups is 11. The van der Waals surface area contributed by atoms with Gasteiger partial charge in [0, 0.05) is 6.42 Å². The van der Waals surface area contributed by atoms with E-state index in [1.54, 1.807) is 6.08 Å². The summed E-state index contributed by atoms with van der Waals surface area (Å²) in [5.41, 5.74) is 0. The lowest BCUT2D eigenvalue weighted by atomic mass is 9.96. The number of ether oxygens (including phenoxy) is 6. The van der Waals surface area contributed by atoms with Gasteiger partial charge in [0.2, 0.25) is 5.91 Å². The summed E-state index contributed by atoms with van der Waals surface area (Å²) in [6, 6.07) is -0.982. The molecule has 1 amide bonds. The van der Waals surface area contributed by atoms with Crippen molar-refractivity contribution in [2.24, 2.45) is 0 Å². The maximum atomic E-state index is 13.1. The van der Waals surface area contributed by atoms with Gasteiger partial charge in [0.15, 0.2) is 18.9 Å². The van der Waals surface area contributed by atoms with Crippen LogP contribution in [0.1, 0.15) is 187 Å². The number of carbonyl (C=O) groups is 1. The normalized spacial score (nSPS) is 31.6. The second kappa shape index (κ2) is 39.6. The van der Waals surface area contributed by atoms with E-state index < -0.39 is 124 Å². The average molecular weight is 1060 g/mol. The Labute approximate surface area is 441 Å². The van der Waals surface area contributed by atoms with Crippen molar-refractivity contribution in [1.82, 2.24) is 5.32 Å². The lowest BCUT2D eigenvalue weighted by Gasteiger charge is -2.48. The van der Waals surface area contributed by atoms with Crippen LogP contribution in [0.5, 0.6) is 0 Å². The Hall–Kier alpha value is -1.73. The van der Waals surface area contributed by atoms with Gasteiger partial charge in [0.05, 0.1) is 38.6 Å². The predicted octanol–water partition coefficient (Wildman–Crippen LogP) is 3.98. The number of nitrogens with one attached hydrogen (secondary N) is 1. The molecule has 3 heterocycles. The van der Waals surface area contributed by atoms with Gasteiger partial charge in [-0.3, -0.25) is 4.79 Å². The standard InChI is InChI=1S/C55H101NO18/c1-3-5-7-9-11-12-13-14-15-16-17-18-19-20-21-22-23-24-25-27-28-30-32-39(60)38(56-43(61)33-31-29-26-10-8-6-4-2)37-69-53-49(67)46(64)51(41(35-58)71-53)74-55-50(68)47(65)52(42(36-59)72-55)73-54-48(66)45(63)44(62)40(34-57)70-54/h24-25,30,32,38-42,44-55,57-60,62-68H,3-23,26-29,31,33-37H2,1-2H3,(H,56,61)/b25-24+,32-30+. The molecule has 0 aromatic rings. The molecule has 0 spiro atoms. The highest BCUT2D eigenvalue weighted by Gasteiger charge is 2.53. The summed E-state index contributed by atoms with van der Waals surface area (Å²) < 4.78 is 34.1. The molecule has 434 valence electrons. The molecule has 74 heavy (non-hydrogen) atoms. The molecule has 0 bridgehead atoms. The van der Waals surface area contributed by atoms with Gasteiger partial charge in [-0.15, -0.1) is 0 Å². The van der Waals surface area contributed by atoms with Crippen LogP contribution in [0.2, 0.25) is 0 Å². The minimum Gasteiger partial charge on any atom is -0.394 e. The quantitative estimate of drug-likeness (QED) is 0.0304. The molecule has 0 radical (unpaired) electrons. The number of rotatable bonds is 41. The third kappa shape index (κ3) is 24.1. The zero-order chi connectivity index (χ0) is 54.1. The molecule has 3 saturated heterocycles. The van der Waals surface area contributed by atoms with Gasteiger partial charge >= 0.3 is 0 Å². The van der Waals surface area contributed by atoms with Crippen LogP contribution in [-0.2, 0) is 33.2 Å². The van der Waals surface area contributed by atoms with E-state index in [1.165, 1.54) is 103 Å². The number of hydrogen-bond acceptors (Lipinski definition) is 18. The fourth-order valence-electron chi connectivity index (χ4n) is 9.74. The SMILES string of the molecule is CCCCCCCCCCCCCCCCCC/C=C/CC/C=C/C(O)C(COC1OC(CO)C(OC2OC(CO)C(OC3OC(CO)C(O)C(O)C3O)C(O)C2O)C(O)C1O)NC(=O)CCCCCCCCC. The van der Waals surface area contributed by atoms with Gasteiger partial charge in [0.1, 0.15) is 73.2 Å². The Bertz CT molecular complexity index is 1460. The Balaban J connectivity index is 1.48. The molecule has 3 fully saturated rings. The van der Waals surface area contributed by atoms with Gasteiger partial charge in [-0.25, -0.2) is 0 Å². The molecule has 19 heteroatoms. The van der Waals surface area contributed by atoms with Crippen LogP contribution in [0.3, 0.4) is 0 Å². The van der Waals surface area contributed by atoms with Gasteiger partial charge in [-0.2, -0.15) is 0 Å². The largest absolute Gasteiger partial charge is 0.394 e. The Kier molecular flexibility index (Phi) is 35.6. The zero-order valence-corrected chi connectivity index (χ0v) is 44.8. The van der Waals surface area contributed by atoms with Gasteiger partial charge in [-0.05, 0) is 32.1 Å². The summed E-state index contributed by atoms with van der Waals surface area (Å²) in [7, 11) is 0. The highest BCUT2D eigenvalue weighted by atomic mass is 16.8. The molecular weight excluding hydrogens is 963 g/mol. The number of carbonyl (C=O) groups excluding carboxylic acids is 1. The summed E-state index contributed by atoms with van der Waals surface area (Å²) in [6.45, 7) is 1.63. The average Bonchev–Trinajstić information content (AvgIpc) is 3.40. The van der Waals surface area contributed by atoms with Crippen molar-refractivity contribution >= 4 is 5.91 Å². The van der Waals surface area contributed by atoms with Crippen LogP contribution in [0, 0.1) is 0 Å². The summed E-state index contributed by atoms with van der Waals surface area (Å²) >= 11 is 0. The lowest BCUT2D eigenvalue weighted by molar-refractivity contribution is -0.379.